The molecule has 0 heterocycles. The molecule has 0 aliphatic rings. The monoisotopic (exact) mass is 186 g/mol. The quantitative estimate of drug-likeness (QED) is 0.487. The number of rotatable bonds is 7. The summed E-state index contributed by atoms with van der Waals surface area (Å²) in [4.78, 5) is 0. The van der Waals surface area contributed by atoms with Gasteiger partial charge in [-0.05, 0) is 25.5 Å². The summed E-state index contributed by atoms with van der Waals surface area (Å²) in [6.45, 7) is 6.09. The molecule has 0 spiro atoms. The first-order valence-electron chi connectivity index (χ1n) is 4.26. The second-order valence-electron chi connectivity index (χ2n) is 2.66. The fourth-order valence-corrected chi connectivity index (χ4v) is 1.59. The Morgan fingerprint density at radius 2 is 2.25 bits per heavy atom. The Labute approximate surface area is 79.6 Å². The molecule has 0 atom stereocenters. The summed E-state index contributed by atoms with van der Waals surface area (Å²) in [6, 6.07) is 0. The lowest BCUT2D eigenvalue weighted by atomic mass is 10.2. The van der Waals surface area contributed by atoms with E-state index in [1.54, 1.807) is 11.8 Å². The molecule has 1 N–H and O–H groups in total. The van der Waals surface area contributed by atoms with Gasteiger partial charge in [-0.15, -0.1) is 6.58 Å². The maximum absolute atomic E-state index is 8.52. The normalized spacial score (nSPS) is 11.7. The van der Waals surface area contributed by atoms with Gasteiger partial charge in [0.05, 0.1) is 6.61 Å². The average molecular weight is 186 g/mol. The van der Waals surface area contributed by atoms with Crippen LogP contribution in [0.5, 0.6) is 0 Å². The van der Waals surface area contributed by atoms with Crippen LogP contribution in [0.15, 0.2) is 24.3 Å². The van der Waals surface area contributed by atoms with E-state index in [0.29, 0.717) is 6.61 Å². The van der Waals surface area contributed by atoms with Gasteiger partial charge in [0, 0.05) is 5.75 Å². The number of hydrogen-bond donors (Lipinski definition) is 1. The maximum atomic E-state index is 8.52. The fourth-order valence-electron chi connectivity index (χ4n) is 0.786. The topological polar surface area (TPSA) is 20.2 Å². The number of allylic oxidation sites excluding steroid dienone is 3. The number of aliphatic hydroxyl groups is 1. The van der Waals surface area contributed by atoms with Gasteiger partial charge >= 0.3 is 0 Å². The Hall–Kier alpha value is -0.210. The molecule has 0 bridgehead atoms. The molecule has 0 saturated carbocycles. The van der Waals surface area contributed by atoms with E-state index in [-0.39, 0.29) is 0 Å². The van der Waals surface area contributed by atoms with E-state index in [4.69, 9.17) is 5.11 Å². The molecule has 12 heavy (non-hydrogen) atoms. The van der Waals surface area contributed by atoms with Crippen LogP contribution in [0.3, 0.4) is 0 Å². The summed E-state index contributed by atoms with van der Waals surface area (Å²) in [7, 11) is 0. The first-order valence-corrected chi connectivity index (χ1v) is 5.42. The first-order chi connectivity index (χ1) is 5.81. The van der Waals surface area contributed by atoms with E-state index in [9.17, 15) is 0 Å². The predicted molar refractivity (Wildman–Crippen MR) is 57.6 cm³/mol. The van der Waals surface area contributed by atoms with Crippen molar-refractivity contribution >= 4 is 11.8 Å². The van der Waals surface area contributed by atoms with Crippen LogP contribution in [0.2, 0.25) is 0 Å². The van der Waals surface area contributed by atoms with Crippen LogP contribution in [0.4, 0.5) is 0 Å². The zero-order valence-electron chi connectivity index (χ0n) is 7.75. The highest BCUT2D eigenvalue weighted by atomic mass is 32.2. The minimum Gasteiger partial charge on any atom is -0.396 e. The second kappa shape index (κ2) is 8.88. The van der Waals surface area contributed by atoms with Gasteiger partial charge < -0.3 is 5.11 Å². The largest absolute Gasteiger partial charge is 0.396 e. The third-order valence-electron chi connectivity index (χ3n) is 1.51. The van der Waals surface area contributed by atoms with E-state index < -0.39 is 0 Å². The molecule has 0 fully saturated rings. The van der Waals surface area contributed by atoms with Gasteiger partial charge in [0.25, 0.3) is 0 Å². The van der Waals surface area contributed by atoms with Crippen molar-refractivity contribution in [1.29, 1.82) is 0 Å². The minimum atomic E-state index is 0.292. The predicted octanol–water partition coefficient (Wildman–Crippen LogP) is 2.62. The fraction of sp³-hybridized carbons (Fsp3) is 0.600. The Morgan fingerprint density at radius 3 is 2.83 bits per heavy atom. The van der Waals surface area contributed by atoms with Crippen molar-refractivity contribution < 1.29 is 5.11 Å². The first kappa shape index (κ1) is 11.8. The van der Waals surface area contributed by atoms with E-state index >= 15 is 0 Å². The van der Waals surface area contributed by atoms with Crippen molar-refractivity contribution in [3.05, 3.63) is 24.3 Å². The summed E-state index contributed by atoms with van der Waals surface area (Å²) < 4.78 is 0. The van der Waals surface area contributed by atoms with Gasteiger partial charge in [-0.25, -0.2) is 0 Å². The van der Waals surface area contributed by atoms with Crippen molar-refractivity contribution in [3.8, 4) is 0 Å². The minimum absolute atomic E-state index is 0.292. The number of aliphatic hydroxyl groups excluding tert-OH is 1. The summed E-state index contributed by atoms with van der Waals surface area (Å²) in [6.07, 6.45) is 6.20. The van der Waals surface area contributed by atoms with Gasteiger partial charge in [0.15, 0.2) is 0 Å². The van der Waals surface area contributed by atoms with E-state index in [2.05, 4.69) is 19.6 Å². The smallest absolute Gasteiger partial charge is 0.0521 e. The number of thioether (sulfide) groups is 1. The van der Waals surface area contributed by atoms with E-state index in [1.807, 2.05) is 6.08 Å². The van der Waals surface area contributed by atoms with Crippen LogP contribution < -0.4 is 0 Å². The van der Waals surface area contributed by atoms with Crippen molar-refractivity contribution in [2.24, 2.45) is 0 Å². The molecular weight excluding hydrogens is 168 g/mol. The summed E-state index contributed by atoms with van der Waals surface area (Å²) in [5.41, 5.74) is 1.42. The zero-order valence-corrected chi connectivity index (χ0v) is 8.57. The van der Waals surface area contributed by atoms with Crippen LogP contribution >= 0.6 is 11.8 Å². The highest BCUT2D eigenvalue weighted by molar-refractivity contribution is 7.99. The van der Waals surface area contributed by atoms with Gasteiger partial charge in [-0.2, -0.15) is 11.8 Å². The average Bonchev–Trinajstić information content (AvgIpc) is 2.09. The van der Waals surface area contributed by atoms with Crippen LogP contribution in [-0.4, -0.2) is 23.2 Å². The zero-order chi connectivity index (χ0) is 9.23. The lowest BCUT2D eigenvalue weighted by Crippen LogP contribution is -1.89. The molecule has 0 aliphatic carbocycles. The second-order valence-corrected chi connectivity index (χ2v) is 3.89. The Morgan fingerprint density at radius 1 is 1.50 bits per heavy atom. The van der Waals surface area contributed by atoms with Crippen LogP contribution in [0, 0.1) is 0 Å². The van der Waals surface area contributed by atoms with Crippen LogP contribution in [-0.2, 0) is 0 Å². The number of hydrogen-bond acceptors (Lipinski definition) is 2. The lowest BCUT2D eigenvalue weighted by Gasteiger charge is -1.99. The Kier molecular flexibility index (Phi) is 8.73. The summed E-state index contributed by atoms with van der Waals surface area (Å²) in [5.74, 6) is 1.97. The van der Waals surface area contributed by atoms with Gasteiger partial charge in [0.2, 0.25) is 0 Å². The van der Waals surface area contributed by atoms with Gasteiger partial charge in [-0.3, -0.25) is 0 Å². The van der Waals surface area contributed by atoms with Gasteiger partial charge in [0.1, 0.15) is 0 Å². The lowest BCUT2D eigenvalue weighted by molar-refractivity contribution is 0.322. The van der Waals surface area contributed by atoms with Gasteiger partial charge in [-0.1, -0.05) is 17.7 Å². The molecule has 2 heteroatoms. The molecule has 0 aliphatic heterocycles. The van der Waals surface area contributed by atoms with E-state index in [1.165, 1.54) is 5.57 Å². The highest BCUT2D eigenvalue weighted by Crippen LogP contribution is 2.08. The van der Waals surface area contributed by atoms with Crippen molar-refractivity contribution in [2.45, 2.75) is 19.8 Å². The van der Waals surface area contributed by atoms with Crippen molar-refractivity contribution in [2.75, 3.05) is 18.1 Å². The highest BCUT2D eigenvalue weighted by Gasteiger charge is 1.90. The molecule has 0 aromatic rings. The van der Waals surface area contributed by atoms with Crippen LogP contribution in [0.1, 0.15) is 19.8 Å². The molecule has 0 unspecified atom stereocenters. The standard InChI is InChI=1S/C10H18OS/c1-3-4-5-10(2)6-8-12-9-7-11/h3,5,11H,1,4,6-9H2,2H3. The molecule has 0 aromatic carbocycles. The Bertz CT molecular complexity index is 141. The molecule has 70 valence electrons. The third-order valence-corrected chi connectivity index (χ3v) is 2.47. The molecule has 1 nitrogen and oxygen atoms in total. The summed E-state index contributed by atoms with van der Waals surface area (Å²) in [5, 5.41) is 8.52. The van der Waals surface area contributed by atoms with E-state index in [0.717, 1.165) is 24.3 Å². The molecule has 0 amide bonds. The SMILES string of the molecule is C=CCC=C(C)CCSCCO. The maximum Gasteiger partial charge on any atom is 0.0521 e. The van der Waals surface area contributed by atoms with Crippen LogP contribution in [0.25, 0.3) is 0 Å². The molecule has 0 radical (unpaired) electrons. The molecule has 0 rings (SSSR count). The summed E-state index contributed by atoms with van der Waals surface area (Å²) >= 11 is 1.80. The molecular formula is C10H18OS. The van der Waals surface area contributed by atoms with Crippen molar-refractivity contribution in [1.82, 2.24) is 0 Å². The molecule has 0 saturated heterocycles. The van der Waals surface area contributed by atoms with Crippen molar-refractivity contribution in [3.63, 3.8) is 0 Å². The Balaban J connectivity index is 3.29. The molecule has 0 aromatic heterocycles. The third kappa shape index (κ3) is 7.89.